The number of fused-ring (bicyclic) bond motifs is 1. The number of carbonyl (C=O) groups is 1. The molecule has 0 spiro atoms. The van der Waals surface area contributed by atoms with Crippen molar-refractivity contribution in [3.05, 3.63) is 30.5 Å². The lowest BCUT2D eigenvalue weighted by Gasteiger charge is -2.33. The summed E-state index contributed by atoms with van der Waals surface area (Å²) in [5.74, 6) is 0. The van der Waals surface area contributed by atoms with Gasteiger partial charge in [0.15, 0.2) is 0 Å². The third-order valence-electron chi connectivity index (χ3n) is 3.74. The van der Waals surface area contributed by atoms with Crippen LogP contribution < -0.4 is 0 Å². The smallest absolute Gasteiger partial charge is 0.410 e. The number of ether oxygens (including phenoxy) is 1. The first-order valence-corrected chi connectivity index (χ1v) is 9.15. The number of rotatable bonds is 2. The Balaban J connectivity index is 1.65. The van der Waals surface area contributed by atoms with Crippen LogP contribution >= 0.6 is 11.8 Å². The second-order valence-corrected chi connectivity index (χ2v) is 8.33. The van der Waals surface area contributed by atoms with Gasteiger partial charge in [-0.15, -0.1) is 0 Å². The van der Waals surface area contributed by atoms with Crippen molar-refractivity contribution in [2.24, 2.45) is 0 Å². The molecule has 0 radical (unpaired) electrons. The average Bonchev–Trinajstić information content (AvgIpc) is 2.53. The first-order valence-electron chi connectivity index (χ1n) is 8.27. The van der Waals surface area contributed by atoms with E-state index in [-0.39, 0.29) is 6.09 Å². The maximum atomic E-state index is 12.3. The van der Waals surface area contributed by atoms with Crippen LogP contribution in [0.5, 0.6) is 0 Å². The minimum absolute atomic E-state index is 0.225. The average molecular weight is 345 g/mol. The number of nitrogens with zero attached hydrogens (tertiary/aromatic N) is 3. The van der Waals surface area contributed by atoms with Crippen LogP contribution in [0.3, 0.4) is 0 Å². The Kier molecular flexibility index (Phi) is 4.94. The molecule has 1 aliphatic heterocycles. The molecule has 1 aromatic carbocycles. The van der Waals surface area contributed by atoms with Crippen molar-refractivity contribution in [1.82, 2.24) is 14.9 Å². The summed E-state index contributed by atoms with van der Waals surface area (Å²) in [5.41, 5.74) is 1.35. The molecule has 0 aliphatic carbocycles. The van der Waals surface area contributed by atoms with Gasteiger partial charge >= 0.3 is 6.09 Å². The molecule has 1 fully saturated rings. The Labute approximate surface area is 146 Å². The van der Waals surface area contributed by atoms with E-state index >= 15 is 0 Å². The van der Waals surface area contributed by atoms with Crippen molar-refractivity contribution >= 4 is 28.9 Å². The van der Waals surface area contributed by atoms with Gasteiger partial charge in [-0.2, -0.15) is 0 Å². The van der Waals surface area contributed by atoms with Crippen LogP contribution in [0.4, 0.5) is 4.79 Å². The van der Waals surface area contributed by atoms with Crippen LogP contribution in [0.1, 0.15) is 33.6 Å². The SMILES string of the molecule is CC(C)(C)OC(=O)N1CCC[C@H](Sc2cnc3ccccc3n2)C1. The van der Waals surface area contributed by atoms with Crippen LogP contribution in [-0.4, -0.2) is 44.9 Å². The number of aromatic nitrogens is 2. The fourth-order valence-electron chi connectivity index (χ4n) is 2.69. The van der Waals surface area contributed by atoms with Gasteiger partial charge in [0.2, 0.25) is 0 Å². The van der Waals surface area contributed by atoms with Crippen LogP contribution in [0.15, 0.2) is 35.5 Å². The van der Waals surface area contributed by atoms with E-state index in [1.165, 1.54) is 0 Å². The molecular formula is C18H23N3O2S. The number of piperidine rings is 1. The largest absolute Gasteiger partial charge is 0.444 e. The summed E-state index contributed by atoms with van der Waals surface area (Å²) < 4.78 is 5.48. The maximum Gasteiger partial charge on any atom is 0.410 e. The van der Waals surface area contributed by atoms with Crippen molar-refractivity contribution < 1.29 is 9.53 Å². The summed E-state index contributed by atoms with van der Waals surface area (Å²) in [6.07, 6.45) is 3.65. The molecular weight excluding hydrogens is 322 g/mol. The van der Waals surface area contributed by atoms with Crippen molar-refractivity contribution in [1.29, 1.82) is 0 Å². The molecule has 0 unspecified atom stereocenters. The molecule has 0 bridgehead atoms. The van der Waals surface area contributed by atoms with Crippen LogP contribution in [0, 0.1) is 0 Å². The van der Waals surface area contributed by atoms with Crippen LogP contribution in [0.2, 0.25) is 0 Å². The quantitative estimate of drug-likeness (QED) is 0.819. The molecule has 5 nitrogen and oxygen atoms in total. The number of hydrogen-bond donors (Lipinski definition) is 0. The third kappa shape index (κ3) is 4.38. The van der Waals surface area contributed by atoms with Gasteiger partial charge in [0, 0.05) is 18.3 Å². The van der Waals surface area contributed by atoms with Gasteiger partial charge in [0.05, 0.1) is 17.2 Å². The highest BCUT2D eigenvalue weighted by Crippen LogP contribution is 2.29. The zero-order valence-corrected chi connectivity index (χ0v) is 15.2. The second-order valence-electron chi connectivity index (χ2n) is 7.01. The Morgan fingerprint density at radius 1 is 1.29 bits per heavy atom. The molecule has 6 heteroatoms. The molecule has 1 amide bonds. The summed E-state index contributed by atoms with van der Waals surface area (Å²) in [7, 11) is 0. The van der Waals surface area contributed by atoms with Crippen molar-refractivity contribution in [2.75, 3.05) is 13.1 Å². The molecule has 1 aromatic heterocycles. The van der Waals surface area contributed by atoms with E-state index < -0.39 is 5.60 Å². The Morgan fingerprint density at radius 3 is 2.79 bits per heavy atom. The van der Waals surface area contributed by atoms with Gasteiger partial charge in [0.1, 0.15) is 10.6 Å². The predicted molar refractivity (Wildman–Crippen MR) is 96.2 cm³/mol. The lowest BCUT2D eigenvalue weighted by molar-refractivity contribution is 0.0220. The first kappa shape index (κ1) is 17.0. The van der Waals surface area contributed by atoms with E-state index in [2.05, 4.69) is 9.97 Å². The van der Waals surface area contributed by atoms with Crippen LogP contribution in [-0.2, 0) is 4.74 Å². The molecule has 1 atom stereocenters. The van der Waals surface area contributed by atoms with Gasteiger partial charge < -0.3 is 9.64 Å². The standard InChI is InChI=1S/C18H23N3O2S/c1-18(2,3)23-17(22)21-10-6-7-13(12-21)24-16-11-19-14-8-4-5-9-15(14)20-16/h4-5,8-9,11,13H,6-7,10,12H2,1-3H3/t13-/m0/s1. The number of amides is 1. The topological polar surface area (TPSA) is 55.3 Å². The number of hydrogen-bond acceptors (Lipinski definition) is 5. The molecule has 2 aromatic rings. The predicted octanol–water partition coefficient (Wildman–Crippen LogP) is 4.12. The number of benzene rings is 1. The van der Waals surface area contributed by atoms with E-state index in [1.54, 1.807) is 16.7 Å². The normalized spacial score (nSPS) is 18.6. The van der Waals surface area contributed by atoms with E-state index in [0.717, 1.165) is 35.4 Å². The highest BCUT2D eigenvalue weighted by Gasteiger charge is 2.28. The van der Waals surface area contributed by atoms with Crippen molar-refractivity contribution in [3.8, 4) is 0 Å². The molecule has 0 N–H and O–H groups in total. The first-order chi connectivity index (χ1) is 11.4. The third-order valence-corrected chi connectivity index (χ3v) is 4.90. The number of thioether (sulfide) groups is 1. The summed E-state index contributed by atoms with van der Waals surface area (Å²) in [6.45, 7) is 7.13. The Morgan fingerprint density at radius 2 is 2.04 bits per heavy atom. The number of carbonyl (C=O) groups excluding carboxylic acids is 1. The van der Waals surface area contributed by atoms with E-state index in [9.17, 15) is 4.79 Å². The van der Waals surface area contributed by atoms with Gasteiger partial charge in [0.25, 0.3) is 0 Å². The molecule has 0 saturated carbocycles. The number of likely N-dealkylation sites (tertiary alicyclic amines) is 1. The summed E-state index contributed by atoms with van der Waals surface area (Å²) >= 11 is 1.70. The van der Waals surface area contributed by atoms with Gasteiger partial charge in [-0.1, -0.05) is 23.9 Å². The minimum atomic E-state index is -0.457. The maximum absolute atomic E-state index is 12.3. The van der Waals surface area contributed by atoms with E-state index in [4.69, 9.17) is 4.74 Å². The fraction of sp³-hybridized carbons (Fsp3) is 0.500. The molecule has 24 heavy (non-hydrogen) atoms. The van der Waals surface area contributed by atoms with Gasteiger partial charge in [-0.25, -0.2) is 9.78 Å². The lowest BCUT2D eigenvalue weighted by atomic mass is 10.1. The summed E-state index contributed by atoms with van der Waals surface area (Å²) in [5, 5.41) is 1.23. The monoisotopic (exact) mass is 345 g/mol. The zero-order chi connectivity index (χ0) is 17.2. The highest BCUT2D eigenvalue weighted by molar-refractivity contribution is 7.99. The number of para-hydroxylation sites is 2. The highest BCUT2D eigenvalue weighted by atomic mass is 32.2. The molecule has 128 valence electrons. The van der Waals surface area contributed by atoms with Gasteiger partial charge in [-0.3, -0.25) is 4.98 Å². The lowest BCUT2D eigenvalue weighted by Crippen LogP contribution is -2.43. The van der Waals surface area contributed by atoms with Crippen molar-refractivity contribution in [2.45, 2.75) is 49.5 Å². The zero-order valence-electron chi connectivity index (χ0n) is 14.4. The Bertz CT molecular complexity index is 730. The molecule has 2 heterocycles. The molecule has 1 saturated heterocycles. The Hall–Kier alpha value is -1.82. The van der Waals surface area contributed by atoms with Crippen molar-refractivity contribution in [3.63, 3.8) is 0 Å². The summed E-state index contributed by atoms with van der Waals surface area (Å²) in [6, 6.07) is 7.86. The minimum Gasteiger partial charge on any atom is -0.444 e. The van der Waals surface area contributed by atoms with E-state index in [1.807, 2.05) is 51.2 Å². The molecule has 3 rings (SSSR count). The fourth-order valence-corrected chi connectivity index (χ4v) is 3.84. The van der Waals surface area contributed by atoms with E-state index in [0.29, 0.717) is 11.8 Å². The van der Waals surface area contributed by atoms with Gasteiger partial charge in [-0.05, 0) is 45.7 Å². The molecule has 1 aliphatic rings. The van der Waals surface area contributed by atoms with Crippen LogP contribution in [0.25, 0.3) is 11.0 Å². The summed E-state index contributed by atoms with van der Waals surface area (Å²) in [4.78, 5) is 23.2. The second kappa shape index (κ2) is 6.97.